The van der Waals surface area contributed by atoms with Crippen LogP contribution < -0.4 is 11.1 Å². The fraction of sp³-hybridized carbons (Fsp3) is 0.0769. The summed E-state index contributed by atoms with van der Waals surface area (Å²) in [5.41, 5.74) is 8.34. The zero-order valence-electron chi connectivity index (χ0n) is 9.47. The van der Waals surface area contributed by atoms with Gasteiger partial charge in [-0.25, -0.2) is 0 Å². The summed E-state index contributed by atoms with van der Waals surface area (Å²) in [7, 11) is 0. The minimum Gasteiger partial charge on any atom is -0.397 e. The Kier molecular flexibility index (Phi) is 3.05. The number of hydrogen-bond acceptors (Lipinski definition) is 3. The minimum atomic E-state index is -0.261. The number of anilines is 2. The van der Waals surface area contributed by atoms with Gasteiger partial charge in [-0.1, -0.05) is 12.1 Å². The van der Waals surface area contributed by atoms with Gasteiger partial charge in [0.05, 0.1) is 11.4 Å². The number of carbonyl (C=O) groups excluding carboxylic acids is 1. The fourth-order valence-electron chi connectivity index (χ4n) is 1.46. The van der Waals surface area contributed by atoms with Crippen molar-refractivity contribution in [3.63, 3.8) is 0 Å². The molecule has 2 rings (SSSR count). The van der Waals surface area contributed by atoms with Gasteiger partial charge in [0, 0.05) is 6.20 Å². The van der Waals surface area contributed by atoms with Crippen LogP contribution in [0.3, 0.4) is 0 Å². The Morgan fingerprint density at radius 2 is 2.12 bits per heavy atom. The van der Waals surface area contributed by atoms with Crippen molar-refractivity contribution >= 4 is 17.3 Å². The first-order valence-electron chi connectivity index (χ1n) is 5.25. The van der Waals surface area contributed by atoms with Gasteiger partial charge in [0.15, 0.2) is 0 Å². The molecule has 0 aliphatic rings. The number of aryl methyl sites for hydroxylation is 1. The topological polar surface area (TPSA) is 68.0 Å². The van der Waals surface area contributed by atoms with Crippen LogP contribution in [0.4, 0.5) is 11.4 Å². The van der Waals surface area contributed by atoms with Crippen LogP contribution in [0, 0.1) is 6.92 Å². The Balaban J connectivity index is 2.22. The maximum absolute atomic E-state index is 11.8. The molecular weight excluding hydrogens is 214 g/mol. The SMILES string of the molecule is Cc1ccc(N)c(NC(=O)c2ccccn2)c1. The largest absolute Gasteiger partial charge is 0.397 e. The summed E-state index contributed by atoms with van der Waals surface area (Å²) in [5, 5.41) is 2.74. The molecule has 0 bridgehead atoms. The van der Waals surface area contributed by atoms with Crippen molar-refractivity contribution < 1.29 is 4.79 Å². The Labute approximate surface area is 99.5 Å². The molecule has 4 heteroatoms. The van der Waals surface area contributed by atoms with Crippen molar-refractivity contribution in [1.82, 2.24) is 4.98 Å². The van der Waals surface area contributed by atoms with Gasteiger partial charge in [-0.15, -0.1) is 0 Å². The molecule has 0 radical (unpaired) electrons. The molecule has 0 unspecified atom stereocenters. The summed E-state index contributed by atoms with van der Waals surface area (Å²) >= 11 is 0. The van der Waals surface area contributed by atoms with Crippen LogP contribution in [-0.4, -0.2) is 10.9 Å². The van der Waals surface area contributed by atoms with Gasteiger partial charge in [0.2, 0.25) is 0 Å². The number of benzene rings is 1. The van der Waals surface area contributed by atoms with E-state index in [1.54, 1.807) is 30.5 Å². The van der Waals surface area contributed by atoms with Crippen molar-refractivity contribution in [1.29, 1.82) is 0 Å². The lowest BCUT2D eigenvalue weighted by atomic mass is 10.2. The highest BCUT2D eigenvalue weighted by molar-refractivity contribution is 6.04. The lowest BCUT2D eigenvalue weighted by Gasteiger charge is -2.08. The second-order valence-electron chi connectivity index (χ2n) is 3.76. The lowest BCUT2D eigenvalue weighted by Crippen LogP contribution is -2.14. The molecule has 0 saturated heterocycles. The van der Waals surface area contributed by atoms with E-state index < -0.39 is 0 Å². The first-order chi connectivity index (χ1) is 8.16. The molecule has 0 saturated carbocycles. The molecule has 0 aliphatic heterocycles. The number of amides is 1. The van der Waals surface area contributed by atoms with Gasteiger partial charge in [-0.05, 0) is 36.8 Å². The lowest BCUT2D eigenvalue weighted by molar-refractivity contribution is 0.102. The molecule has 2 aromatic rings. The molecule has 17 heavy (non-hydrogen) atoms. The summed E-state index contributed by atoms with van der Waals surface area (Å²) in [5.74, 6) is -0.261. The van der Waals surface area contributed by atoms with Gasteiger partial charge in [0.1, 0.15) is 5.69 Å². The van der Waals surface area contributed by atoms with Gasteiger partial charge < -0.3 is 11.1 Å². The Morgan fingerprint density at radius 3 is 2.82 bits per heavy atom. The predicted octanol–water partition coefficient (Wildman–Crippen LogP) is 2.22. The van der Waals surface area contributed by atoms with E-state index in [-0.39, 0.29) is 5.91 Å². The second-order valence-corrected chi connectivity index (χ2v) is 3.76. The van der Waals surface area contributed by atoms with E-state index in [4.69, 9.17) is 5.73 Å². The molecule has 86 valence electrons. The number of pyridine rings is 1. The first-order valence-corrected chi connectivity index (χ1v) is 5.25. The molecule has 4 nitrogen and oxygen atoms in total. The van der Waals surface area contributed by atoms with Crippen LogP contribution in [0.2, 0.25) is 0 Å². The number of nitrogens with zero attached hydrogens (tertiary/aromatic N) is 1. The van der Waals surface area contributed by atoms with Crippen LogP contribution in [0.1, 0.15) is 16.1 Å². The Hall–Kier alpha value is -2.36. The monoisotopic (exact) mass is 227 g/mol. The van der Waals surface area contributed by atoms with Crippen LogP contribution in [0.15, 0.2) is 42.6 Å². The summed E-state index contributed by atoms with van der Waals surface area (Å²) in [4.78, 5) is 15.8. The molecular formula is C13H13N3O. The summed E-state index contributed by atoms with van der Waals surface area (Å²) in [6.07, 6.45) is 1.58. The third-order valence-electron chi connectivity index (χ3n) is 2.35. The molecule has 0 fully saturated rings. The third-order valence-corrected chi connectivity index (χ3v) is 2.35. The number of hydrogen-bond donors (Lipinski definition) is 2. The average molecular weight is 227 g/mol. The van der Waals surface area contributed by atoms with Gasteiger partial charge >= 0.3 is 0 Å². The van der Waals surface area contributed by atoms with E-state index in [2.05, 4.69) is 10.3 Å². The number of nitrogens with two attached hydrogens (primary N) is 1. The van der Waals surface area contributed by atoms with E-state index in [9.17, 15) is 4.79 Å². The van der Waals surface area contributed by atoms with Crippen molar-refractivity contribution in [2.75, 3.05) is 11.1 Å². The van der Waals surface area contributed by atoms with Crippen LogP contribution in [-0.2, 0) is 0 Å². The quantitative estimate of drug-likeness (QED) is 0.773. The highest BCUT2D eigenvalue weighted by Gasteiger charge is 2.08. The standard InChI is InChI=1S/C13H13N3O/c1-9-5-6-10(14)12(8-9)16-13(17)11-4-2-3-7-15-11/h2-8H,14H2,1H3,(H,16,17). The number of nitrogen functional groups attached to an aromatic ring is 1. The van der Waals surface area contributed by atoms with Crippen LogP contribution in [0.25, 0.3) is 0 Å². The van der Waals surface area contributed by atoms with Crippen molar-refractivity contribution in [3.8, 4) is 0 Å². The fourth-order valence-corrected chi connectivity index (χ4v) is 1.46. The normalized spacial score (nSPS) is 9.94. The van der Waals surface area contributed by atoms with E-state index in [0.717, 1.165) is 5.56 Å². The van der Waals surface area contributed by atoms with E-state index in [1.165, 1.54) is 0 Å². The smallest absolute Gasteiger partial charge is 0.274 e. The summed E-state index contributed by atoms with van der Waals surface area (Å²) in [6, 6.07) is 10.7. The second kappa shape index (κ2) is 4.65. The van der Waals surface area contributed by atoms with Crippen LogP contribution >= 0.6 is 0 Å². The Morgan fingerprint density at radius 1 is 1.29 bits per heavy atom. The van der Waals surface area contributed by atoms with E-state index in [0.29, 0.717) is 17.1 Å². The molecule has 1 amide bonds. The molecule has 1 aromatic heterocycles. The average Bonchev–Trinajstić information content (AvgIpc) is 2.35. The van der Waals surface area contributed by atoms with Crippen molar-refractivity contribution in [2.45, 2.75) is 6.92 Å². The first kappa shape index (κ1) is 11.1. The molecule has 3 N–H and O–H groups in total. The zero-order chi connectivity index (χ0) is 12.3. The molecule has 0 spiro atoms. The predicted molar refractivity (Wildman–Crippen MR) is 67.8 cm³/mol. The van der Waals surface area contributed by atoms with Gasteiger partial charge in [-0.2, -0.15) is 0 Å². The highest BCUT2D eigenvalue weighted by Crippen LogP contribution is 2.19. The summed E-state index contributed by atoms with van der Waals surface area (Å²) in [6.45, 7) is 1.94. The number of carbonyl (C=O) groups is 1. The van der Waals surface area contributed by atoms with Gasteiger partial charge in [0.25, 0.3) is 5.91 Å². The molecule has 0 aliphatic carbocycles. The number of nitrogens with one attached hydrogen (secondary N) is 1. The summed E-state index contributed by atoms with van der Waals surface area (Å²) < 4.78 is 0. The maximum atomic E-state index is 11.8. The third kappa shape index (κ3) is 2.60. The van der Waals surface area contributed by atoms with Crippen LogP contribution in [0.5, 0.6) is 0 Å². The number of aromatic nitrogens is 1. The van der Waals surface area contributed by atoms with E-state index >= 15 is 0 Å². The van der Waals surface area contributed by atoms with Crippen molar-refractivity contribution in [2.24, 2.45) is 0 Å². The van der Waals surface area contributed by atoms with Gasteiger partial charge in [-0.3, -0.25) is 9.78 Å². The Bertz CT molecular complexity index is 538. The number of rotatable bonds is 2. The minimum absolute atomic E-state index is 0.261. The van der Waals surface area contributed by atoms with Crippen molar-refractivity contribution in [3.05, 3.63) is 53.9 Å². The molecule has 1 aromatic carbocycles. The van der Waals surface area contributed by atoms with E-state index in [1.807, 2.05) is 19.1 Å². The zero-order valence-corrected chi connectivity index (χ0v) is 9.47. The highest BCUT2D eigenvalue weighted by atomic mass is 16.1. The molecule has 1 heterocycles. The molecule has 0 atom stereocenters. The maximum Gasteiger partial charge on any atom is 0.274 e.